The molecular formula is C14H24N2O3S2. The summed E-state index contributed by atoms with van der Waals surface area (Å²) >= 11 is 0. The molecule has 0 spiro atoms. The summed E-state index contributed by atoms with van der Waals surface area (Å²) in [5.41, 5.74) is 2.36. The fourth-order valence-corrected chi connectivity index (χ4v) is 4.31. The normalized spacial score (nSPS) is 13.1. The highest BCUT2D eigenvalue weighted by Crippen LogP contribution is 2.24. The van der Waals surface area contributed by atoms with Crippen LogP contribution < -0.4 is 10.0 Å². The van der Waals surface area contributed by atoms with Crippen molar-refractivity contribution in [3.63, 3.8) is 0 Å². The summed E-state index contributed by atoms with van der Waals surface area (Å²) in [7, 11) is -4.42. The van der Waals surface area contributed by atoms with E-state index in [1.165, 1.54) is 0 Å². The smallest absolute Gasteiger partial charge is 0.241 e. The highest BCUT2D eigenvalue weighted by atomic mass is 32.2. The number of aryl methyl sites for hydroxylation is 2. The zero-order valence-corrected chi connectivity index (χ0v) is 14.7. The van der Waals surface area contributed by atoms with Gasteiger partial charge in [-0.15, -0.1) is 0 Å². The minimum absolute atomic E-state index is 0.301. The topological polar surface area (TPSA) is 75.3 Å². The van der Waals surface area contributed by atoms with Crippen LogP contribution in [0.15, 0.2) is 17.0 Å². The fourth-order valence-electron chi connectivity index (χ4n) is 2.23. The summed E-state index contributed by atoms with van der Waals surface area (Å²) in [6, 6.07) is 3.68. The van der Waals surface area contributed by atoms with E-state index in [4.69, 9.17) is 0 Å². The maximum absolute atomic E-state index is 12.4. The van der Waals surface area contributed by atoms with Gasteiger partial charge in [-0.1, -0.05) is 0 Å². The Labute approximate surface area is 130 Å². The molecule has 0 saturated carbocycles. The Kier molecular flexibility index (Phi) is 6.83. The van der Waals surface area contributed by atoms with Crippen molar-refractivity contribution in [3.05, 3.63) is 23.3 Å². The number of sulfonamides is 1. The average Bonchev–Trinajstić information content (AvgIpc) is 2.33. The summed E-state index contributed by atoms with van der Waals surface area (Å²) in [5, 5.41) is 3.18. The molecule has 7 heteroatoms. The summed E-state index contributed by atoms with van der Waals surface area (Å²) in [4.78, 5) is 0.335. The third kappa shape index (κ3) is 5.41. The lowest BCUT2D eigenvalue weighted by molar-refractivity contribution is 0.579. The molecule has 0 aliphatic carbocycles. The van der Waals surface area contributed by atoms with Crippen molar-refractivity contribution >= 4 is 26.5 Å². The first-order valence-electron chi connectivity index (χ1n) is 6.92. The number of hydrogen-bond donors (Lipinski definition) is 2. The summed E-state index contributed by atoms with van der Waals surface area (Å²) in [6.07, 6.45) is 2.18. The molecule has 21 heavy (non-hydrogen) atoms. The van der Waals surface area contributed by atoms with Gasteiger partial charge in [0.05, 0.1) is 4.90 Å². The average molecular weight is 332 g/mol. The lowest BCUT2D eigenvalue weighted by Gasteiger charge is -2.14. The molecule has 1 aromatic carbocycles. The first kappa shape index (κ1) is 18.1. The molecule has 0 bridgehead atoms. The molecule has 2 N–H and O–H groups in total. The van der Waals surface area contributed by atoms with Crippen LogP contribution in [-0.4, -0.2) is 37.7 Å². The van der Waals surface area contributed by atoms with Crippen molar-refractivity contribution in [2.24, 2.45) is 0 Å². The second kappa shape index (κ2) is 7.91. The van der Waals surface area contributed by atoms with E-state index in [-0.39, 0.29) is 0 Å². The van der Waals surface area contributed by atoms with Crippen molar-refractivity contribution in [3.8, 4) is 0 Å². The van der Waals surface area contributed by atoms with Gasteiger partial charge in [0.15, 0.2) is 0 Å². The number of rotatable bonds is 8. The van der Waals surface area contributed by atoms with Crippen LogP contribution in [0.3, 0.4) is 0 Å². The van der Waals surface area contributed by atoms with E-state index in [0.29, 0.717) is 23.6 Å². The van der Waals surface area contributed by atoms with E-state index < -0.39 is 20.8 Å². The van der Waals surface area contributed by atoms with E-state index in [0.717, 1.165) is 23.4 Å². The third-order valence-electron chi connectivity index (χ3n) is 3.01. The molecule has 5 nitrogen and oxygen atoms in total. The molecule has 1 rings (SSSR count). The number of hydrogen-bond acceptors (Lipinski definition) is 4. The van der Waals surface area contributed by atoms with Crippen LogP contribution in [0.5, 0.6) is 0 Å². The Balaban J connectivity index is 2.90. The van der Waals surface area contributed by atoms with E-state index >= 15 is 0 Å². The molecule has 0 fully saturated rings. The van der Waals surface area contributed by atoms with Crippen LogP contribution in [0.25, 0.3) is 0 Å². The Morgan fingerprint density at radius 3 is 2.24 bits per heavy atom. The fraction of sp³-hybridized carbons (Fsp3) is 0.571. The van der Waals surface area contributed by atoms with Gasteiger partial charge in [0, 0.05) is 41.6 Å². The third-order valence-corrected chi connectivity index (χ3v) is 5.64. The van der Waals surface area contributed by atoms with Crippen LogP contribution in [0.1, 0.15) is 24.5 Å². The summed E-state index contributed by atoms with van der Waals surface area (Å²) in [6.45, 7) is 6.68. The maximum atomic E-state index is 12.4. The van der Waals surface area contributed by atoms with Gasteiger partial charge in [-0.2, -0.15) is 0 Å². The van der Waals surface area contributed by atoms with Gasteiger partial charge >= 0.3 is 0 Å². The molecule has 1 atom stereocenters. The number of anilines is 1. The summed E-state index contributed by atoms with van der Waals surface area (Å²) < 4.78 is 38.3. The Morgan fingerprint density at radius 2 is 1.76 bits per heavy atom. The minimum atomic E-state index is -3.53. The molecule has 0 aromatic heterocycles. The van der Waals surface area contributed by atoms with Crippen molar-refractivity contribution in [2.45, 2.75) is 32.1 Å². The number of nitrogens with one attached hydrogen (secondary N) is 2. The first-order chi connectivity index (χ1) is 9.77. The molecule has 1 aromatic rings. The van der Waals surface area contributed by atoms with Gasteiger partial charge in [-0.05, 0) is 50.5 Å². The first-order valence-corrected chi connectivity index (χ1v) is 10.1. The van der Waals surface area contributed by atoms with Gasteiger partial charge in [-0.25, -0.2) is 13.1 Å². The molecule has 0 aliphatic rings. The van der Waals surface area contributed by atoms with E-state index in [2.05, 4.69) is 10.0 Å². The van der Waals surface area contributed by atoms with Gasteiger partial charge < -0.3 is 5.32 Å². The Hall–Kier alpha value is -0.920. The van der Waals surface area contributed by atoms with Gasteiger partial charge in [-0.3, -0.25) is 4.21 Å². The second-order valence-electron chi connectivity index (χ2n) is 5.00. The Morgan fingerprint density at radius 1 is 1.19 bits per heavy atom. The quantitative estimate of drug-likeness (QED) is 0.712. The zero-order valence-electron chi connectivity index (χ0n) is 13.0. The molecular weight excluding hydrogens is 308 g/mol. The summed E-state index contributed by atoms with van der Waals surface area (Å²) in [5.74, 6) is 0.500. The molecule has 0 heterocycles. The van der Waals surface area contributed by atoms with Crippen molar-refractivity contribution in [1.29, 1.82) is 0 Å². The SMILES string of the molecule is CCNc1cc(C)c(S(=O)(=O)NCCCS(C)=O)c(C)c1. The van der Waals surface area contributed by atoms with Gasteiger partial charge in [0.25, 0.3) is 0 Å². The predicted octanol–water partition coefficient (Wildman–Crippen LogP) is 1.78. The van der Waals surface area contributed by atoms with Crippen LogP contribution in [0.2, 0.25) is 0 Å². The van der Waals surface area contributed by atoms with Crippen molar-refractivity contribution in [1.82, 2.24) is 4.72 Å². The Bertz CT molecular complexity index is 590. The van der Waals surface area contributed by atoms with E-state index in [9.17, 15) is 12.6 Å². The predicted molar refractivity (Wildman–Crippen MR) is 88.8 cm³/mol. The monoisotopic (exact) mass is 332 g/mol. The minimum Gasteiger partial charge on any atom is -0.385 e. The second-order valence-corrected chi connectivity index (χ2v) is 8.26. The highest BCUT2D eigenvalue weighted by molar-refractivity contribution is 7.89. The number of benzene rings is 1. The van der Waals surface area contributed by atoms with Gasteiger partial charge in [0.2, 0.25) is 10.0 Å². The lowest BCUT2D eigenvalue weighted by Crippen LogP contribution is -2.27. The lowest BCUT2D eigenvalue weighted by atomic mass is 10.1. The van der Waals surface area contributed by atoms with Gasteiger partial charge in [0.1, 0.15) is 0 Å². The van der Waals surface area contributed by atoms with Crippen LogP contribution in [0.4, 0.5) is 5.69 Å². The van der Waals surface area contributed by atoms with Crippen molar-refractivity contribution < 1.29 is 12.6 Å². The zero-order chi connectivity index (χ0) is 16.0. The highest BCUT2D eigenvalue weighted by Gasteiger charge is 2.19. The van der Waals surface area contributed by atoms with Crippen LogP contribution >= 0.6 is 0 Å². The standard InChI is InChI=1S/C14H24N2O3S2/c1-5-15-13-9-11(2)14(12(3)10-13)21(18,19)16-7-6-8-20(4)17/h9-10,15-16H,5-8H2,1-4H3. The molecule has 120 valence electrons. The molecule has 0 aliphatic heterocycles. The van der Waals surface area contributed by atoms with Crippen LogP contribution in [0, 0.1) is 13.8 Å². The molecule has 0 amide bonds. The van der Waals surface area contributed by atoms with Crippen molar-refractivity contribution in [2.75, 3.05) is 30.4 Å². The van der Waals surface area contributed by atoms with E-state index in [1.807, 2.05) is 19.1 Å². The molecule has 0 saturated heterocycles. The molecule has 1 unspecified atom stereocenters. The maximum Gasteiger partial charge on any atom is 0.241 e. The van der Waals surface area contributed by atoms with Crippen LogP contribution in [-0.2, 0) is 20.8 Å². The molecule has 0 radical (unpaired) electrons. The largest absolute Gasteiger partial charge is 0.385 e. The van der Waals surface area contributed by atoms with E-state index in [1.54, 1.807) is 20.1 Å².